The maximum absolute atomic E-state index is 13.5. The molecule has 0 saturated carbocycles. The summed E-state index contributed by atoms with van der Waals surface area (Å²) in [6.45, 7) is 0.988. The van der Waals surface area contributed by atoms with Crippen molar-refractivity contribution >= 4 is 46.2 Å². The van der Waals surface area contributed by atoms with Gasteiger partial charge in [0.15, 0.2) is 5.17 Å². The van der Waals surface area contributed by atoms with E-state index in [2.05, 4.69) is 4.99 Å². The minimum atomic E-state index is -0.353. The summed E-state index contributed by atoms with van der Waals surface area (Å²) in [7, 11) is 3.16. The number of halogens is 2. The van der Waals surface area contributed by atoms with Gasteiger partial charge in [0, 0.05) is 20.3 Å². The molecule has 0 bridgehead atoms. The molecule has 0 unspecified atom stereocenters. The second-order valence-electron chi connectivity index (χ2n) is 6.18. The Labute approximate surface area is 178 Å². The summed E-state index contributed by atoms with van der Waals surface area (Å²) in [5.41, 5.74) is 1.22. The lowest BCUT2D eigenvalue weighted by molar-refractivity contribution is -0.122. The summed E-state index contributed by atoms with van der Waals surface area (Å²) < 4.78 is 23.8. The van der Waals surface area contributed by atoms with Crippen molar-refractivity contribution in [1.29, 1.82) is 0 Å². The van der Waals surface area contributed by atoms with Crippen molar-refractivity contribution in [3.63, 3.8) is 0 Å². The van der Waals surface area contributed by atoms with Gasteiger partial charge >= 0.3 is 0 Å². The normalized spacial score (nSPS) is 16.8. The van der Waals surface area contributed by atoms with Crippen molar-refractivity contribution in [2.45, 2.75) is 6.42 Å². The van der Waals surface area contributed by atoms with E-state index < -0.39 is 0 Å². The molecule has 1 aliphatic heterocycles. The second kappa shape index (κ2) is 9.91. The largest absolute Gasteiger partial charge is 0.495 e. The highest BCUT2D eigenvalue weighted by Crippen LogP contribution is 2.36. The highest BCUT2D eigenvalue weighted by molar-refractivity contribution is 8.18. The first-order valence-electron chi connectivity index (χ1n) is 8.90. The Morgan fingerprint density at radius 3 is 2.76 bits per heavy atom. The van der Waals surface area contributed by atoms with E-state index in [1.54, 1.807) is 55.5 Å². The molecule has 3 rings (SSSR count). The first kappa shape index (κ1) is 21.4. The van der Waals surface area contributed by atoms with E-state index in [0.717, 1.165) is 0 Å². The molecule has 0 spiro atoms. The number of carbonyl (C=O) groups is 1. The van der Waals surface area contributed by atoms with E-state index in [9.17, 15) is 9.18 Å². The van der Waals surface area contributed by atoms with E-state index in [1.807, 2.05) is 0 Å². The Bertz CT molecular complexity index is 965. The predicted molar refractivity (Wildman–Crippen MR) is 115 cm³/mol. The van der Waals surface area contributed by atoms with E-state index in [-0.39, 0.29) is 11.7 Å². The lowest BCUT2D eigenvalue weighted by Gasteiger charge is -2.15. The molecule has 1 saturated heterocycles. The maximum atomic E-state index is 13.5. The Morgan fingerprint density at radius 1 is 1.24 bits per heavy atom. The van der Waals surface area contributed by atoms with Crippen molar-refractivity contribution in [3.8, 4) is 5.75 Å². The Balaban J connectivity index is 1.92. The summed E-state index contributed by atoms with van der Waals surface area (Å²) in [6.07, 6.45) is 2.33. The maximum Gasteiger partial charge on any atom is 0.266 e. The first-order chi connectivity index (χ1) is 14.0. The number of nitrogens with zero attached hydrogens (tertiary/aromatic N) is 2. The third kappa shape index (κ3) is 5.38. The van der Waals surface area contributed by atoms with Gasteiger partial charge in [-0.25, -0.2) is 9.38 Å². The van der Waals surface area contributed by atoms with Crippen LogP contribution in [0.15, 0.2) is 52.4 Å². The van der Waals surface area contributed by atoms with Crippen LogP contribution in [0.4, 0.5) is 10.1 Å². The van der Waals surface area contributed by atoms with Gasteiger partial charge in [-0.1, -0.05) is 23.7 Å². The number of rotatable bonds is 7. The van der Waals surface area contributed by atoms with Crippen LogP contribution in [0.3, 0.4) is 0 Å². The first-order valence-corrected chi connectivity index (χ1v) is 10.1. The highest BCUT2D eigenvalue weighted by Gasteiger charge is 2.33. The number of carbonyl (C=O) groups excluding carboxylic acids is 1. The summed E-state index contributed by atoms with van der Waals surface area (Å²) in [6, 6.07) is 11.3. The Hall–Kier alpha value is -2.35. The van der Waals surface area contributed by atoms with Crippen LogP contribution in [0.1, 0.15) is 12.0 Å². The van der Waals surface area contributed by atoms with Crippen LogP contribution < -0.4 is 4.74 Å². The molecule has 0 radical (unpaired) electrons. The van der Waals surface area contributed by atoms with Crippen LogP contribution in [-0.4, -0.2) is 43.3 Å². The average molecular weight is 435 g/mol. The predicted octanol–water partition coefficient (Wildman–Crippen LogP) is 5.13. The number of amidine groups is 1. The lowest BCUT2D eigenvalue weighted by Crippen LogP contribution is -2.30. The van der Waals surface area contributed by atoms with Crippen molar-refractivity contribution in [2.75, 3.05) is 27.4 Å². The molecule has 152 valence electrons. The molecular formula is C21H20ClFN2O3S. The van der Waals surface area contributed by atoms with Gasteiger partial charge in [-0.2, -0.15) is 0 Å². The molecule has 0 N–H and O–H groups in total. The molecule has 1 heterocycles. The van der Waals surface area contributed by atoms with E-state index in [0.29, 0.717) is 51.7 Å². The molecule has 1 amide bonds. The quantitative estimate of drug-likeness (QED) is 0.448. The molecule has 1 aliphatic rings. The third-order valence-corrected chi connectivity index (χ3v) is 5.43. The molecule has 5 nitrogen and oxygen atoms in total. The molecule has 29 heavy (non-hydrogen) atoms. The van der Waals surface area contributed by atoms with Gasteiger partial charge in [-0.05, 0) is 60.2 Å². The zero-order valence-electron chi connectivity index (χ0n) is 16.0. The number of hydrogen-bond acceptors (Lipinski definition) is 5. The van der Waals surface area contributed by atoms with E-state index in [1.165, 1.54) is 23.9 Å². The number of aliphatic imine (C=N–C) groups is 1. The topological polar surface area (TPSA) is 51.1 Å². The zero-order valence-corrected chi connectivity index (χ0v) is 17.6. The monoisotopic (exact) mass is 434 g/mol. The van der Waals surface area contributed by atoms with Crippen LogP contribution in [0, 0.1) is 5.82 Å². The number of methoxy groups -OCH3 is 2. The minimum absolute atomic E-state index is 0.172. The second-order valence-corrected chi connectivity index (χ2v) is 7.60. The van der Waals surface area contributed by atoms with Crippen molar-refractivity contribution in [1.82, 2.24) is 4.90 Å². The number of ether oxygens (including phenoxy) is 2. The number of benzene rings is 2. The standard InChI is InChI=1S/C21H20ClFN2O3S/c1-27-10-4-9-25-20(26)19(12-14-5-3-6-15(23)11-14)29-21(25)24-16-7-8-18(28-2)17(22)13-16/h3,5-8,11-13H,4,9-10H2,1-2H3/b19-12-,24-21?. The SMILES string of the molecule is COCCCN1C(=O)/C(=C/c2cccc(F)c2)SC1=Nc1ccc(OC)c(Cl)c1. The average Bonchev–Trinajstić information content (AvgIpc) is 2.97. The van der Waals surface area contributed by atoms with Gasteiger partial charge in [0.1, 0.15) is 11.6 Å². The van der Waals surface area contributed by atoms with Crippen LogP contribution in [0.25, 0.3) is 6.08 Å². The fourth-order valence-corrected chi connectivity index (χ4v) is 4.02. The zero-order chi connectivity index (χ0) is 20.8. The van der Waals surface area contributed by atoms with Gasteiger partial charge in [0.2, 0.25) is 0 Å². The smallest absolute Gasteiger partial charge is 0.266 e. The number of hydrogen-bond donors (Lipinski definition) is 0. The molecular weight excluding hydrogens is 415 g/mol. The van der Waals surface area contributed by atoms with Crippen LogP contribution in [0.2, 0.25) is 5.02 Å². The molecule has 8 heteroatoms. The Kier molecular flexibility index (Phi) is 7.30. The molecule has 0 aromatic heterocycles. The van der Waals surface area contributed by atoms with Gasteiger partial charge in [-0.3, -0.25) is 9.69 Å². The molecule has 2 aromatic carbocycles. The molecule has 1 fully saturated rings. The van der Waals surface area contributed by atoms with Crippen LogP contribution >= 0.6 is 23.4 Å². The van der Waals surface area contributed by atoms with Crippen molar-refractivity contribution in [3.05, 3.63) is 63.8 Å². The Morgan fingerprint density at radius 2 is 2.07 bits per heavy atom. The van der Waals surface area contributed by atoms with Gasteiger partial charge < -0.3 is 9.47 Å². The van der Waals surface area contributed by atoms with Crippen molar-refractivity contribution in [2.24, 2.45) is 4.99 Å². The summed E-state index contributed by atoms with van der Waals surface area (Å²) in [5, 5.41) is 0.972. The van der Waals surface area contributed by atoms with E-state index >= 15 is 0 Å². The van der Waals surface area contributed by atoms with Crippen LogP contribution in [-0.2, 0) is 9.53 Å². The molecule has 0 atom stereocenters. The number of amides is 1. The fraction of sp³-hybridized carbons (Fsp3) is 0.238. The summed E-state index contributed by atoms with van der Waals surface area (Å²) in [4.78, 5) is 19.6. The van der Waals surface area contributed by atoms with Crippen LogP contribution in [0.5, 0.6) is 5.75 Å². The van der Waals surface area contributed by atoms with E-state index in [4.69, 9.17) is 21.1 Å². The minimum Gasteiger partial charge on any atom is -0.495 e. The van der Waals surface area contributed by atoms with Gasteiger partial charge in [0.05, 0.1) is 22.7 Å². The third-order valence-electron chi connectivity index (χ3n) is 4.12. The van der Waals surface area contributed by atoms with Gasteiger partial charge in [0.25, 0.3) is 5.91 Å². The summed E-state index contributed by atoms with van der Waals surface area (Å²) in [5.74, 6) is 0.0247. The fourth-order valence-electron chi connectivity index (χ4n) is 2.74. The molecule has 0 aliphatic carbocycles. The van der Waals surface area contributed by atoms with Gasteiger partial charge in [-0.15, -0.1) is 0 Å². The number of thioether (sulfide) groups is 1. The molecule has 2 aromatic rings. The summed E-state index contributed by atoms with van der Waals surface area (Å²) >= 11 is 7.43. The lowest BCUT2D eigenvalue weighted by atomic mass is 10.2. The highest BCUT2D eigenvalue weighted by atomic mass is 35.5. The van der Waals surface area contributed by atoms with Crippen molar-refractivity contribution < 1.29 is 18.7 Å².